The van der Waals surface area contributed by atoms with Gasteiger partial charge in [-0.05, 0) is 19.3 Å². The van der Waals surface area contributed by atoms with E-state index in [1.807, 2.05) is 0 Å². The van der Waals surface area contributed by atoms with E-state index >= 15 is 0 Å². The number of phosphoric acid groups is 2. The van der Waals surface area contributed by atoms with E-state index in [1.54, 1.807) is 0 Å². The third-order valence-corrected chi connectivity index (χ3v) is 12.4. The van der Waals surface area contributed by atoms with Crippen LogP contribution in [-0.2, 0) is 65.4 Å². The normalized spacial score (nSPS) is 14.7. The zero-order chi connectivity index (χ0) is 49.9. The van der Waals surface area contributed by atoms with Gasteiger partial charge < -0.3 is 54.6 Å². The molecule has 0 amide bonds. The third-order valence-electron chi connectivity index (χ3n) is 10.5. The molecule has 67 heavy (non-hydrogen) atoms. The van der Waals surface area contributed by atoms with Crippen LogP contribution in [0.1, 0.15) is 206 Å². The number of aliphatic hydroxyl groups is 1. The van der Waals surface area contributed by atoms with E-state index in [9.17, 15) is 43.2 Å². The van der Waals surface area contributed by atoms with Gasteiger partial charge in [-0.25, -0.2) is 9.13 Å². The molecule has 0 spiro atoms. The van der Waals surface area contributed by atoms with Crippen LogP contribution < -0.4 is 0 Å². The van der Waals surface area contributed by atoms with Crippen molar-refractivity contribution in [3.63, 3.8) is 0 Å². The van der Waals surface area contributed by atoms with Crippen LogP contribution in [-0.4, -0.2) is 96.7 Å². The van der Waals surface area contributed by atoms with Crippen LogP contribution in [0.5, 0.6) is 0 Å². The minimum absolute atomic E-state index is 0.0712. The molecule has 0 aliphatic heterocycles. The van der Waals surface area contributed by atoms with Gasteiger partial charge in [-0.15, -0.1) is 0 Å². The minimum Gasteiger partial charge on any atom is -0.462 e. The van der Waals surface area contributed by atoms with Crippen LogP contribution in [0.15, 0.2) is 0 Å². The molecule has 0 aromatic heterocycles. The molecule has 0 radical (unpaired) electrons. The summed E-state index contributed by atoms with van der Waals surface area (Å²) in [5.74, 6) is -2.32. The lowest BCUT2D eigenvalue weighted by Gasteiger charge is -2.21. The number of esters is 4. The number of hydrogen-bond donors (Lipinski definition) is 3. The maximum Gasteiger partial charge on any atom is 0.472 e. The van der Waals surface area contributed by atoms with Crippen molar-refractivity contribution in [2.45, 2.75) is 224 Å². The highest BCUT2D eigenvalue weighted by Gasteiger charge is 2.30. The Morgan fingerprint density at radius 1 is 0.403 bits per heavy atom. The molecule has 0 aromatic rings. The van der Waals surface area contributed by atoms with Crippen LogP contribution in [0, 0.1) is 20.8 Å². The predicted octanol–water partition coefficient (Wildman–Crippen LogP) is 11.1. The maximum atomic E-state index is 12.7. The van der Waals surface area contributed by atoms with Crippen LogP contribution in [0.25, 0.3) is 0 Å². The number of unbranched alkanes of at least 4 members (excludes halogenated alkanes) is 23. The van der Waals surface area contributed by atoms with Gasteiger partial charge in [-0.2, -0.15) is 19.3 Å². The van der Waals surface area contributed by atoms with Crippen molar-refractivity contribution in [1.29, 1.82) is 0 Å². The highest BCUT2D eigenvalue weighted by molar-refractivity contribution is 7.47. The molecular formula is C48H89O17P2-3. The Bertz CT molecular complexity index is 1340. The fraction of sp³-hybridized carbons (Fsp3) is 0.854. The van der Waals surface area contributed by atoms with Crippen molar-refractivity contribution in [2.75, 3.05) is 39.6 Å². The topological polar surface area (TPSA) is 237 Å². The molecule has 0 saturated heterocycles. The molecule has 0 aliphatic rings. The lowest BCUT2D eigenvalue weighted by molar-refractivity contribution is -0.161. The molecule has 0 aromatic carbocycles. The standard InChI is InChI=1S/C48H89O17P2/c1-5-9-13-16-17-18-19-20-21-22-23-24-25-28-31-35-48(53)64-43(38-58-45(50)32-12-8-4)40-62-66(54,55)60-36-42(49)37-61-67(56,57)63-41-44(65-47(52)34-30-27-15-11-7-3)39-59-46(51)33-29-26-14-10-6-2/h42-44,49H,2-41H2,1H3,(H,54,55)(H,56,57)/q-3/t42-,43+,44+/m0/s1. The Balaban J connectivity index is 4.91. The molecule has 0 heterocycles. The first-order chi connectivity index (χ1) is 32.2. The maximum absolute atomic E-state index is 12.7. The molecule has 0 bridgehead atoms. The lowest BCUT2D eigenvalue weighted by atomic mass is 10.0. The first kappa shape index (κ1) is 65.1. The van der Waals surface area contributed by atoms with Gasteiger partial charge in [0.05, 0.1) is 26.4 Å². The zero-order valence-electron chi connectivity index (χ0n) is 41.0. The van der Waals surface area contributed by atoms with Crippen molar-refractivity contribution < 1.29 is 80.2 Å². The number of ether oxygens (including phenoxy) is 4. The second-order valence-corrected chi connectivity index (χ2v) is 20.0. The summed E-state index contributed by atoms with van der Waals surface area (Å²) in [7, 11) is -9.84. The van der Waals surface area contributed by atoms with Crippen LogP contribution in [0.2, 0.25) is 0 Å². The SMILES string of the molecule is [CH2-]CCCCCCC(=O)OC[C@H](COP(=O)(O)OC[C@@H](O)COP(=O)(O)OC[C@@H](COC(=O)CCC[CH2-])OC(=O)CCCCCCCCCCCCCCCCC)OC(=O)CCCCCC[CH2-]. The lowest BCUT2D eigenvalue weighted by Crippen LogP contribution is -2.30. The highest BCUT2D eigenvalue weighted by atomic mass is 31.2. The van der Waals surface area contributed by atoms with E-state index < -0.39 is 97.5 Å². The van der Waals surface area contributed by atoms with E-state index in [-0.39, 0.29) is 25.7 Å². The van der Waals surface area contributed by atoms with Crippen LogP contribution >= 0.6 is 15.6 Å². The second kappa shape index (κ2) is 44.0. The zero-order valence-corrected chi connectivity index (χ0v) is 42.8. The average Bonchev–Trinajstić information content (AvgIpc) is 3.29. The van der Waals surface area contributed by atoms with Crippen molar-refractivity contribution in [1.82, 2.24) is 0 Å². The molecule has 19 heteroatoms. The van der Waals surface area contributed by atoms with Crippen molar-refractivity contribution in [3.8, 4) is 0 Å². The highest BCUT2D eigenvalue weighted by Crippen LogP contribution is 2.45. The molecule has 17 nitrogen and oxygen atoms in total. The van der Waals surface area contributed by atoms with Gasteiger partial charge in [0, 0.05) is 25.7 Å². The van der Waals surface area contributed by atoms with E-state index in [4.69, 9.17) is 37.0 Å². The summed E-state index contributed by atoms with van der Waals surface area (Å²) in [4.78, 5) is 70.2. The summed E-state index contributed by atoms with van der Waals surface area (Å²) in [5.41, 5.74) is 0. The van der Waals surface area contributed by atoms with Gasteiger partial charge >= 0.3 is 39.5 Å². The smallest absolute Gasteiger partial charge is 0.462 e. The van der Waals surface area contributed by atoms with E-state index in [1.165, 1.54) is 64.2 Å². The van der Waals surface area contributed by atoms with Gasteiger partial charge in [-0.3, -0.25) is 37.3 Å². The fourth-order valence-electron chi connectivity index (χ4n) is 6.59. The number of aliphatic hydroxyl groups excluding tert-OH is 1. The fourth-order valence-corrected chi connectivity index (χ4v) is 8.16. The number of carbonyl (C=O) groups excluding carboxylic acids is 4. The summed E-state index contributed by atoms with van der Waals surface area (Å²) >= 11 is 0. The molecule has 0 fully saturated rings. The summed E-state index contributed by atoms with van der Waals surface area (Å²) in [6, 6.07) is 0. The Hall–Kier alpha value is -1.94. The molecule has 5 atom stereocenters. The molecule has 2 unspecified atom stereocenters. The second-order valence-electron chi connectivity index (χ2n) is 17.1. The molecule has 3 N–H and O–H groups in total. The summed E-state index contributed by atoms with van der Waals surface area (Å²) in [6.45, 7) is 9.41. The summed E-state index contributed by atoms with van der Waals surface area (Å²) < 4.78 is 66.2. The van der Waals surface area contributed by atoms with Crippen LogP contribution in [0.3, 0.4) is 0 Å². The Morgan fingerprint density at radius 2 is 0.687 bits per heavy atom. The van der Waals surface area contributed by atoms with E-state index in [0.717, 1.165) is 77.0 Å². The van der Waals surface area contributed by atoms with Crippen molar-refractivity contribution >= 4 is 39.5 Å². The first-order valence-corrected chi connectivity index (χ1v) is 28.2. The average molecular weight is 1000 g/mol. The monoisotopic (exact) mass is 1000 g/mol. The Kier molecular flexibility index (Phi) is 42.8. The third kappa shape index (κ3) is 43.8. The van der Waals surface area contributed by atoms with Gasteiger partial charge in [0.1, 0.15) is 19.3 Å². The minimum atomic E-state index is -4.92. The van der Waals surface area contributed by atoms with Crippen LogP contribution in [0.4, 0.5) is 0 Å². The quantitative estimate of drug-likeness (QED) is 0.0169. The first-order valence-electron chi connectivity index (χ1n) is 25.2. The number of hydrogen-bond acceptors (Lipinski definition) is 15. The Labute approximate surface area is 403 Å². The molecule has 0 rings (SSSR count). The largest absolute Gasteiger partial charge is 0.472 e. The molecule has 0 aliphatic carbocycles. The Morgan fingerprint density at radius 3 is 1.03 bits per heavy atom. The predicted molar refractivity (Wildman–Crippen MR) is 256 cm³/mol. The van der Waals surface area contributed by atoms with Gasteiger partial charge in [0.15, 0.2) is 12.2 Å². The van der Waals surface area contributed by atoms with Crippen molar-refractivity contribution in [2.24, 2.45) is 0 Å². The number of phosphoric ester groups is 2. The molecule has 0 saturated carbocycles. The molecular weight excluding hydrogens is 910 g/mol. The van der Waals surface area contributed by atoms with Crippen molar-refractivity contribution in [3.05, 3.63) is 20.8 Å². The van der Waals surface area contributed by atoms with E-state index in [2.05, 4.69) is 27.7 Å². The van der Waals surface area contributed by atoms with Gasteiger partial charge in [-0.1, -0.05) is 142 Å². The molecule has 396 valence electrons. The number of rotatable bonds is 49. The summed E-state index contributed by atoms with van der Waals surface area (Å²) in [6.07, 6.45) is 22.8. The number of carbonyl (C=O) groups is 4. The summed E-state index contributed by atoms with van der Waals surface area (Å²) in [5, 5.41) is 10.3. The van der Waals surface area contributed by atoms with E-state index in [0.29, 0.717) is 32.1 Å². The van der Waals surface area contributed by atoms with Gasteiger partial charge in [0.25, 0.3) is 0 Å². The van der Waals surface area contributed by atoms with Gasteiger partial charge in [0.2, 0.25) is 0 Å².